The van der Waals surface area contributed by atoms with Crippen molar-refractivity contribution >= 4 is 17.2 Å². The van der Waals surface area contributed by atoms with Crippen molar-refractivity contribution in [3.05, 3.63) is 46.2 Å². The van der Waals surface area contributed by atoms with Gasteiger partial charge in [-0.05, 0) is 30.5 Å². The first kappa shape index (κ1) is 19.7. The van der Waals surface area contributed by atoms with E-state index in [0.29, 0.717) is 30.3 Å². The standard InChI is InChI=1S/C20H26N2O4S/c1-14(18(17-8-5-13-27-17)22-9-11-26-12-10-22)21-20(23)15-6-4-7-16(24-2)19(15)25-3/h4-8,13-14,18H,9-12H2,1-3H3,(H,21,23)/t14-,18-/m1/s1. The second-order valence-corrected chi connectivity index (χ2v) is 7.39. The fraction of sp³-hybridized carbons (Fsp3) is 0.450. The van der Waals surface area contributed by atoms with Crippen LogP contribution < -0.4 is 14.8 Å². The topological polar surface area (TPSA) is 60.0 Å². The fourth-order valence-electron chi connectivity index (χ4n) is 3.49. The van der Waals surface area contributed by atoms with Crippen molar-refractivity contribution in [1.82, 2.24) is 10.2 Å². The molecule has 2 aromatic rings. The van der Waals surface area contributed by atoms with Crippen LogP contribution in [0.15, 0.2) is 35.7 Å². The molecule has 3 rings (SSSR count). The fourth-order valence-corrected chi connectivity index (χ4v) is 4.45. The molecule has 27 heavy (non-hydrogen) atoms. The molecule has 1 fully saturated rings. The lowest BCUT2D eigenvalue weighted by molar-refractivity contribution is 0.00968. The Labute approximate surface area is 164 Å². The van der Waals surface area contributed by atoms with Gasteiger partial charge < -0.3 is 19.5 Å². The number of rotatable bonds is 7. The number of thiophene rings is 1. The number of para-hydroxylation sites is 1. The molecule has 0 radical (unpaired) electrons. The zero-order valence-corrected chi connectivity index (χ0v) is 16.8. The molecule has 1 aromatic heterocycles. The van der Waals surface area contributed by atoms with Crippen molar-refractivity contribution in [2.45, 2.75) is 19.0 Å². The van der Waals surface area contributed by atoms with Crippen molar-refractivity contribution in [1.29, 1.82) is 0 Å². The van der Waals surface area contributed by atoms with E-state index in [2.05, 4.69) is 21.7 Å². The third kappa shape index (κ3) is 4.43. The third-order valence-corrected chi connectivity index (χ3v) is 5.70. The maximum atomic E-state index is 13.0. The van der Waals surface area contributed by atoms with Crippen LogP contribution in [0.2, 0.25) is 0 Å². The maximum Gasteiger partial charge on any atom is 0.255 e. The molecule has 7 heteroatoms. The molecule has 146 valence electrons. The number of morpholine rings is 1. The Hall–Kier alpha value is -2.09. The van der Waals surface area contributed by atoms with Gasteiger partial charge in [0.15, 0.2) is 11.5 Å². The molecule has 6 nitrogen and oxygen atoms in total. The second-order valence-electron chi connectivity index (χ2n) is 6.41. The zero-order valence-electron chi connectivity index (χ0n) is 15.9. The van der Waals surface area contributed by atoms with Gasteiger partial charge in [-0.1, -0.05) is 12.1 Å². The van der Waals surface area contributed by atoms with Gasteiger partial charge in [-0.15, -0.1) is 11.3 Å². The molecule has 0 bridgehead atoms. The number of methoxy groups -OCH3 is 2. The Morgan fingerprint density at radius 3 is 2.59 bits per heavy atom. The highest BCUT2D eigenvalue weighted by molar-refractivity contribution is 7.10. The van der Waals surface area contributed by atoms with E-state index in [9.17, 15) is 4.79 Å². The molecule has 2 atom stereocenters. The minimum Gasteiger partial charge on any atom is -0.493 e. The minimum absolute atomic E-state index is 0.0786. The van der Waals surface area contributed by atoms with Gasteiger partial charge in [0.2, 0.25) is 0 Å². The summed E-state index contributed by atoms with van der Waals surface area (Å²) in [7, 11) is 3.10. The molecule has 0 spiro atoms. The van der Waals surface area contributed by atoms with E-state index in [1.807, 2.05) is 13.0 Å². The number of benzene rings is 1. The first-order chi connectivity index (χ1) is 13.2. The second kappa shape index (κ2) is 9.21. The van der Waals surface area contributed by atoms with Crippen LogP contribution in [-0.2, 0) is 4.74 Å². The van der Waals surface area contributed by atoms with Crippen LogP contribution in [0.1, 0.15) is 28.2 Å². The third-order valence-electron chi connectivity index (χ3n) is 4.75. The molecule has 1 aromatic carbocycles. The summed E-state index contributed by atoms with van der Waals surface area (Å²) in [5.74, 6) is 0.817. The minimum atomic E-state index is -0.173. The Bertz CT molecular complexity index is 744. The predicted molar refractivity (Wildman–Crippen MR) is 106 cm³/mol. The van der Waals surface area contributed by atoms with Crippen LogP contribution in [0.4, 0.5) is 0 Å². The molecule has 2 heterocycles. The molecule has 0 saturated carbocycles. The number of carbonyl (C=O) groups excluding carboxylic acids is 1. The zero-order chi connectivity index (χ0) is 19.2. The van der Waals surface area contributed by atoms with Gasteiger partial charge in [0.25, 0.3) is 5.91 Å². The summed E-state index contributed by atoms with van der Waals surface area (Å²) in [5.41, 5.74) is 0.468. The summed E-state index contributed by atoms with van der Waals surface area (Å²) in [4.78, 5) is 16.6. The first-order valence-corrected chi connectivity index (χ1v) is 9.90. The first-order valence-electron chi connectivity index (χ1n) is 9.02. The highest BCUT2D eigenvalue weighted by atomic mass is 32.1. The number of nitrogens with zero attached hydrogens (tertiary/aromatic N) is 1. The summed E-state index contributed by atoms with van der Waals surface area (Å²) < 4.78 is 16.2. The van der Waals surface area contributed by atoms with E-state index < -0.39 is 0 Å². The molecule has 1 N–H and O–H groups in total. The molecule has 0 unspecified atom stereocenters. The van der Waals surface area contributed by atoms with Gasteiger partial charge in [0.1, 0.15) is 0 Å². The average Bonchev–Trinajstić information content (AvgIpc) is 3.22. The van der Waals surface area contributed by atoms with Gasteiger partial charge in [0.05, 0.1) is 39.0 Å². The number of ether oxygens (including phenoxy) is 3. The number of hydrogen-bond donors (Lipinski definition) is 1. The average molecular weight is 391 g/mol. The molecular weight excluding hydrogens is 364 g/mol. The normalized spacial score (nSPS) is 17.1. The van der Waals surface area contributed by atoms with E-state index in [1.54, 1.807) is 43.8 Å². The van der Waals surface area contributed by atoms with Crippen LogP contribution in [0.25, 0.3) is 0 Å². The number of carbonyl (C=O) groups is 1. The van der Waals surface area contributed by atoms with E-state index in [4.69, 9.17) is 14.2 Å². The summed E-state index contributed by atoms with van der Waals surface area (Å²) in [6.07, 6.45) is 0. The van der Waals surface area contributed by atoms with Gasteiger partial charge in [-0.3, -0.25) is 9.69 Å². The Balaban J connectivity index is 1.81. The van der Waals surface area contributed by atoms with Crippen LogP contribution in [0.3, 0.4) is 0 Å². The smallest absolute Gasteiger partial charge is 0.255 e. The lowest BCUT2D eigenvalue weighted by atomic mass is 10.0. The molecule has 1 aliphatic rings. The number of amides is 1. The quantitative estimate of drug-likeness (QED) is 0.788. The highest BCUT2D eigenvalue weighted by Crippen LogP contribution is 2.32. The summed E-state index contributed by atoms with van der Waals surface area (Å²) in [6.45, 7) is 5.18. The van der Waals surface area contributed by atoms with Crippen molar-refractivity contribution in [2.75, 3.05) is 40.5 Å². The SMILES string of the molecule is COc1cccc(C(=O)N[C@H](C)[C@H](c2cccs2)N2CCOCC2)c1OC. The van der Waals surface area contributed by atoms with Crippen molar-refractivity contribution in [3.63, 3.8) is 0 Å². The molecule has 1 aliphatic heterocycles. The van der Waals surface area contributed by atoms with Gasteiger partial charge >= 0.3 is 0 Å². The van der Waals surface area contributed by atoms with Crippen molar-refractivity contribution in [3.8, 4) is 11.5 Å². The van der Waals surface area contributed by atoms with Crippen LogP contribution in [0.5, 0.6) is 11.5 Å². The molecule has 1 saturated heterocycles. The summed E-state index contributed by atoms with van der Waals surface area (Å²) >= 11 is 1.71. The van der Waals surface area contributed by atoms with E-state index in [1.165, 1.54) is 4.88 Å². The van der Waals surface area contributed by atoms with Gasteiger partial charge in [-0.25, -0.2) is 0 Å². The van der Waals surface area contributed by atoms with Crippen LogP contribution in [-0.4, -0.2) is 57.4 Å². The Morgan fingerprint density at radius 1 is 1.19 bits per heavy atom. The van der Waals surface area contributed by atoms with E-state index in [0.717, 1.165) is 13.1 Å². The van der Waals surface area contributed by atoms with E-state index in [-0.39, 0.29) is 18.0 Å². The van der Waals surface area contributed by atoms with Gasteiger partial charge in [-0.2, -0.15) is 0 Å². The lowest BCUT2D eigenvalue weighted by Gasteiger charge is -2.37. The highest BCUT2D eigenvalue weighted by Gasteiger charge is 2.30. The van der Waals surface area contributed by atoms with E-state index >= 15 is 0 Å². The molecule has 0 aliphatic carbocycles. The monoisotopic (exact) mass is 390 g/mol. The Kier molecular flexibility index (Phi) is 6.71. The Morgan fingerprint density at radius 2 is 1.96 bits per heavy atom. The van der Waals surface area contributed by atoms with Gasteiger partial charge in [0, 0.05) is 24.0 Å². The number of nitrogens with one attached hydrogen (secondary N) is 1. The van der Waals surface area contributed by atoms with Crippen LogP contribution in [0, 0.1) is 0 Å². The number of hydrogen-bond acceptors (Lipinski definition) is 6. The largest absolute Gasteiger partial charge is 0.493 e. The summed E-state index contributed by atoms with van der Waals surface area (Å²) in [5, 5.41) is 5.23. The summed E-state index contributed by atoms with van der Waals surface area (Å²) in [6, 6.07) is 9.52. The van der Waals surface area contributed by atoms with Crippen molar-refractivity contribution < 1.29 is 19.0 Å². The predicted octanol–water partition coefficient (Wildman–Crippen LogP) is 2.96. The molecule has 1 amide bonds. The maximum absolute atomic E-state index is 13.0. The van der Waals surface area contributed by atoms with Crippen molar-refractivity contribution in [2.24, 2.45) is 0 Å². The molecular formula is C20H26N2O4S. The lowest BCUT2D eigenvalue weighted by Crippen LogP contribution is -2.48. The van der Waals surface area contributed by atoms with Crippen LogP contribution >= 0.6 is 11.3 Å².